The number of non-ortho nitro benzene ring substituents is 3. The summed E-state index contributed by atoms with van der Waals surface area (Å²) in [5.41, 5.74) is -0.735. The van der Waals surface area contributed by atoms with Crippen LogP contribution in [0.5, 0.6) is 0 Å². The highest BCUT2D eigenvalue weighted by Gasteiger charge is 2.19. The number of hydrogen-bond acceptors (Lipinski definition) is 6. The van der Waals surface area contributed by atoms with Gasteiger partial charge in [0.25, 0.3) is 17.1 Å². The van der Waals surface area contributed by atoms with Gasteiger partial charge in [-0.05, 0) is 28.3 Å². The fourth-order valence-corrected chi connectivity index (χ4v) is 2.49. The molecule has 0 aliphatic carbocycles. The first-order chi connectivity index (χ1) is 10.9. The average Bonchev–Trinajstić information content (AvgIpc) is 2.52. The summed E-state index contributed by atoms with van der Waals surface area (Å²) in [6, 6.07) is 8.91. The van der Waals surface area contributed by atoms with Gasteiger partial charge in [-0.15, -0.1) is 0 Å². The van der Waals surface area contributed by atoms with Crippen LogP contribution in [0.3, 0.4) is 0 Å². The van der Waals surface area contributed by atoms with Crippen molar-refractivity contribution >= 4 is 38.6 Å². The van der Waals surface area contributed by atoms with Crippen LogP contribution in [0.2, 0.25) is 0 Å². The quantitative estimate of drug-likeness (QED) is 0.411. The second-order valence-corrected chi connectivity index (χ2v) is 4.80. The molecule has 0 aliphatic rings. The molecule has 0 radical (unpaired) electrons. The first-order valence-corrected chi connectivity index (χ1v) is 6.32. The Morgan fingerprint density at radius 1 is 0.609 bits per heavy atom. The maximum atomic E-state index is 11.2. The third-order valence-electron chi connectivity index (χ3n) is 3.52. The third-order valence-corrected chi connectivity index (χ3v) is 3.52. The number of fused-ring (bicyclic) bond motifs is 3. The summed E-state index contributed by atoms with van der Waals surface area (Å²) in [5, 5.41) is 34.3. The number of benzene rings is 3. The Labute approximate surface area is 127 Å². The standard InChI is InChI=1S/C14H7N3O6/c18-15(19)9-2-1-8-5-14(17(22)23)13-7-10(16(20)21)3-4-11(13)12(8)6-9/h1-7H. The van der Waals surface area contributed by atoms with Crippen LogP contribution in [-0.4, -0.2) is 14.8 Å². The molecule has 0 unspecified atom stereocenters. The van der Waals surface area contributed by atoms with Crippen molar-refractivity contribution in [2.75, 3.05) is 0 Å². The lowest BCUT2D eigenvalue weighted by Gasteiger charge is -2.05. The Morgan fingerprint density at radius 2 is 1.17 bits per heavy atom. The van der Waals surface area contributed by atoms with Gasteiger partial charge < -0.3 is 0 Å². The molecule has 0 heterocycles. The van der Waals surface area contributed by atoms with Crippen molar-refractivity contribution in [3.05, 3.63) is 72.8 Å². The van der Waals surface area contributed by atoms with Gasteiger partial charge in [0.05, 0.1) is 20.2 Å². The fourth-order valence-electron chi connectivity index (χ4n) is 2.49. The van der Waals surface area contributed by atoms with Gasteiger partial charge in [0, 0.05) is 30.3 Å². The van der Waals surface area contributed by atoms with Crippen LogP contribution in [0.4, 0.5) is 17.1 Å². The summed E-state index contributed by atoms with van der Waals surface area (Å²) < 4.78 is 0. The third kappa shape index (κ3) is 2.29. The maximum Gasteiger partial charge on any atom is 0.278 e. The molecule has 0 saturated heterocycles. The minimum atomic E-state index is -0.652. The number of rotatable bonds is 3. The molecule has 3 aromatic rings. The van der Waals surface area contributed by atoms with Gasteiger partial charge in [0.2, 0.25) is 0 Å². The Kier molecular flexibility index (Phi) is 3.10. The van der Waals surface area contributed by atoms with Crippen LogP contribution >= 0.6 is 0 Å². The average molecular weight is 313 g/mol. The van der Waals surface area contributed by atoms with E-state index in [0.29, 0.717) is 16.2 Å². The molecule has 0 saturated carbocycles. The fraction of sp³-hybridized carbons (Fsp3) is 0. The lowest BCUT2D eigenvalue weighted by molar-refractivity contribution is -0.385. The van der Waals surface area contributed by atoms with Crippen LogP contribution in [0.25, 0.3) is 21.5 Å². The molecule has 0 bridgehead atoms. The van der Waals surface area contributed by atoms with Crippen LogP contribution in [0.1, 0.15) is 0 Å². The Morgan fingerprint density at radius 3 is 1.74 bits per heavy atom. The van der Waals surface area contributed by atoms with E-state index >= 15 is 0 Å². The molecule has 0 aliphatic heterocycles. The second-order valence-electron chi connectivity index (χ2n) is 4.80. The van der Waals surface area contributed by atoms with Crippen molar-refractivity contribution < 1.29 is 14.8 Å². The topological polar surface area (TPSA) is 129 Å². The predicted molar refractivity (Wildman–Crippen MR) is 81.4 cm³/mol. The maximum absolute atomic E-state index is 11.2. The largest absolute Gasteiger partial charge is 0.278 e. The minimum absolute atomic E-state index is 0.0668. The molecule has 3 aromatic carbocycles. The number of nitro groups is 3. The van der Waals surface area contributed by atoms with Crippen LogP contribution in [0, 0.1) is 30.3 Å². The van der Waals surface area contributed by atoms with Gasteiger partial charge in [0.1, 0.15) is 0 Å². The van der Waals surface area contributed by atoms with Crippen LogP contribution in [-0.2, 0) is 0 Å². The zero-order chi connectivity index (χ0) is 16.7. The van der Waals surface area contributed by atoms with Crippen molar-refractivity contribution in [2.24, 2.45) is 0 Å². The van der Waals surface area contributed by atoms with Crippen molar-refractivity contribution in [2.45, 2.75) is 0 Å². The summed E-state index contributed by atoms with van der Waals surface area (Å²) in [5.74, 6) is 0. The van der Waals surface area contributed by atoms with E-state index in [9.17, 15) is 30.3 Å². The molecule has 0 aromatic heterocycles. The minimum Gasteiger partial charge on any atom is -0.258 e. The van der Waals surface area contributed by atoms with E-state index in [2.05, 4.69) is 0 Å². The molecule has 114 valence electrons. The Hall–Kier alpha value is -3.62. The zero-order valence-corrected chi connectivity index (χ0v) is 11.3. The van der Waals surface area contributed by atoms with E-state index in [1.807, 2.05) is 0 Å². The molecule has 0 spiro atoms. The highest BCUT2D eigenvalue weighted by atomic mass is 16.6. The van der Waals surface area contributed by atoms with E-state index in [1.165, 1.54) is 36.4 Å². The molecule has 3 rings (SSSR count). The number of hydrogen-bond donors (Lipinski definition) is 0. The van der Waals surface area contributed by atoms with Crippen LogP contribution in [0.15, 0.2) is 42.5 Å². The van der Waals surface area contributed by atoms with Gasteiger partial charge in [-0.3, -0.25) is 30.3 Å². The summed E-state index contributed by atoms with van der Waals surface area (Å²) in [7, 11) is 0. The van der Waals surface area contributed by atoms with Crippen molar-refractivity contribution in [1.82, 2.24) is 0 Å². The normalized spacial score (nSPS) is 10.8. The first kappa shape index (κ1) is 14.3. The van der Waals surface area contributed by atoms with Crippen molar-refractivity contribution in [3.63, 3.8) is 0 Å². The highest BCUT2D eigenvalue weighted by Crippen LogP contribution is 2.36. The second kappa shape index (κ2) is 4.98. The van der Waals surface area contributed by atoms with Gasteiger partial charge in [-0.1, -0.05) is 0 Å². The molecule has 0 amide bonds. The Bertz CT molecular complexity index is 1010. The van der Waals surface area contributed by atoms with Gasteiger partial charge in [-0.2, -0.15) is 0 Å². The van der Waals surface area contributed by atoms with E-state index in [4.69, 9.17) is 0 Å². The van der Waals surface area contributed by atoms with Gasteiger partial charge in [-0.25, -0.2) is 0 Å². The van der Waals surface area contributed by atoms with E-state index in [0.717, 1.165) is 6.07 Å². The number of nitrogens with zero attached hydrogens (tertiary/aromatic N) is 3. The SMILES string of the molecule is O=[N+]([O-])c1ccc2c(c1)c([N+](=O)[O-])cc1ccc([N+](=O)[O-])cc12. The lowest BCUT2D eigenvalue weighted by Crippen LogP contribution is -1.94. The Balaban J connectivity index is 2.48. The predicted octanol–water partition coefficient (Wildman–Crippen LogP) is 3.72. The molecule has 0 atom stereocenters. The monoisotopic (exact) mass is 313 g/mol. The molecular formula is C14H7N3O6. The van der Waals surface area contributed by atoms with E-state index in [-0.39, 0.29) is 22.4 Å². The van der Waals surface area contributed by atoms with Crippen LogP contribution < -0.4 is 0 Å². The lowest BCUT2D eigenvalue weighted by atomic mass is 9.99. The smallest absolute Gasteiger partial charge is 0.258 e. The summed E-state index contributed by atoms with van der Waals surface area (Å²) in [4.78, 5) is 31.2. The zero-order valence-electron chi connectivity index (χ0n) is 11.3. The van der Waals surface area contributed by atoms with Crippen molar-refractivity contribution in [1.29, 1.82) is 0 Å². The molecule has 0 fully saturated rings. The summed E-state index contributed by atoms with van der Waals surface area (Å²) in [6.45, 7) is 0. The molecule has 23 heavy (non-hydrogen) atoms. The molecular weight excluding hydrogens is 306 g/mol. The highest BCUT2D eigenvalue weighted by molar-refractivity contribution is 6.12. The molecule has 0 N–H and O–H groups in total. The first-order valence-electron chi connectivity index (χ1n) is 6.32. The van der Waals surface area contributed by atoms with Gasteiger partial charge in [0.15, 0.2) is 0 Å². The van der Waals surface area contributed by atoms with Crippen molar-refractivity contribution in [3.8, 4) is 0 Å². The molecule has 9 heteroatoms. The molecule has 9 nitrogen and oxygen atoms in total. The number of nitro benzene ring substituents is 3. The van der Waals surface area contributed by atoms with E-state index in [1.54, 1.807) is 0 Å². The van der Waals surface area contributed by atoms with Gasteiger partial charge >= 0.3 is 0 Å². The summed E-state index contributed by atoms with van der Waals surface area (Å²) in [6.07, 6.45) is 0. The summed E-state index contributed by atoms with van der Waals surface area (Å²) >= 11 is 0. The van der Waals surface area contributed by atoms with E-state index < -0.39 is 14.8 Å².